The molecular weight excluding hydrogens is 316 g/mol. The lowest BCUT2D eigenvalue weighted by Gasteiger charge is -2.24. The first-order chi connectivity index (χ1) is 11.0. The monoisotopic (exact) mass is 338 g/mol. The van der Waals surface area contributed by atoms with Crippen LogP contribution in [0.15, 0.2) is 18.2 Å². The molecule has 0 bridgehead atoms. The molecule has 7 heteroatoms. The van der Waals surface area contributed by atoms with Gasteiger partial charge in [-0.05, 0) is 43.8 Å². The summed E-state index contributed by atoms with van der Waals surface area (Å²) in [5, 5.41) is 3.43. The second kappa shape index (κ2) is 7.61. The van der Waals surface area contributed by atoms with Gasteiger partial charge in [-0.2, -0.15) is 0 Å². The van der Waals surface area contributed by atoms with Crippen molar-refractivity contribution in [2.24, 2.45) is 0 Å². The van der Waals surface area contributed by atoms with Crippen LogP contribution in [0.25, 0.3) is 0 Å². The van der Waals surface area contributed by atoms with Crippen LogP contribution in [0.2, 0.25) is 0 Å². The Morgan fingerprint density at radius 3 is 2.61 bits per heavy atom. The number of amides is 1. The lowest BCUT2D eigenvalue weighted by Crippen LogP contribution is -2.33. The summed E-state index contributed by atoms with van der Waals surface area (Å²) < 4.78 is 16.0. The fourth-order valence-electron chi connectivity index (χ4n) is 2.44. The van der Waals surface area contributed by atoms with Crippen LogP contribution in [0.5, 0.6) is 11.5 Å². The molecule has 1 heterocycles. The highest BCUT2D eigenvalue weighted by atomic mass is 32.1. The molecule has 126 valence electrons. The maximum absolute atomic E-state index is 12.2. The van der Waals surface area contributed by atoms with Crippen LogP contribution in [0.3, 0.4) is 0 Å². The minimum absolute atomic E-state index is 0.0260. The molecule has 0 saturated carbocycles. The van der Waals surface area contributed by atoms with E-state index in [0.29, 0.717) is 29.8 Å². The van der Waals surface area contributed by atoms with Gasteiger partial charge in [0.2, 0.25) is 0 Å². The van der Waals surface area contributed by atoms with Crippen molar-refractivity contribution in [3.05, 3.63) is 23.8 Å². The van der Waals surface area contributed by atoms with Gasteiger partial charge in [0, 0.05) is 7.11 Å². The Morgan fingerprint density at radius 1 is 1.30 bits per heavy atom. The predicted octanol–water partition coefficient (Wildman–Crippen LogP) is 1.89. The molecule has 1 aromatic carbocycles. The average molecular weight is 338 g/mol. The Hall–Kier alpha value is -1.86. The molecule has 2 atom stereocenters. The van der Waals surface area contributed by atoms with E-state index in [4.69, 9.17) is 26.4 Å². The number of benzene rings is 1. The van der Waals surface area contributed by atoms with E-state index < -0.39 is 0 Å². The largest absolute Gasteiger partial charge is 0.493 e. The van der Waals surface area contributed by atoms with E-state index in [0.717, 1.165) is 5.56 Å². The quantitative estimate of drug-likeness (QED) is 0.605. The Balaban J connectivity index is 2.19. The van der Waals surface area contributed by atoms with Gasteiger partial charge in [-0.15, -0.1) is 0 Å². The molecule has 1 aliphatic rings. The lowest BCUT2D eigenvalue weighted by molar-refractivity contribution is -0.128. The summed E-state index contributed by atoms with van der Waals surface area (Å²) in [4.78, 5) is 13.8. The number of hydrogen-bond donors (Lipinski definition) is 1. The van der Waals surface area contributed by atoms with Crippen molar-refractivity contribution in [3.63, 3.8) is 0 Å². The van der Waals surface area contributed by atoms with E-state index >= 15 is 0 Å². The fourth-order valence-corrected chi connectivity index (χ4v) is 2.86. The highest BCUT2D eigenvalue weighted by Gasteiger charge is 2.36. The van der Waals surface area contributed by atoms with Crippen LogP contribution < -0.4 is 14.8 Å². The SMILES string of the molecule is COCCOc1ccc([C@@H](C)N2C(=O)[C@@H](C)NC2=S)cc1OC. The van der Waals surface area contributed by atoms with Crippen LogP contribution >= 0.6 is 12.2 Å². The standard InChI is InChI=1S/C16H22N2O4S/c1-10-15(19)18(16(23)17-10)11(2)12-5-6-13(14(9-12)21-4)22-8-7-20-3/h5-6,9-11H,7-8H2,1-4H3,(H,17,23)/t10-,11-/m1/s1. The van der Waals surface area contributed by atoms with Gasteiger partial charge in [0.15, 0.2) is 16.6 Å². The number of ether oxygens (including phenoxy) is 3. The van der Waals surface area contributed by atoms with Crippen molar-refractivity contribution in [1.29, 1.82) is 0 Å². The van der Waals surface area contributed by atoms with Gasteiger partial charge in [0.1, 0.15) is 12.6 Å². The van der Waals surface area contributed by atoms with Crippen molar-refractivity contribution in [3.8, 4) is 11.5 Å². The maximum Gasteiger partial charge on any atom is 0.251 e. The zero-order chi connectivity index (χ0) is 17.0. The number of thiocarbonyl (C=S) groups is 1. The summed E-state index contributed by atoms with van der Waals surface area (Å²) in [5.74, 6) is 1.23. The first-order valence-electron chi connectivity index (χ1n) is 7.42. The summed E-state index contributed by atoms with van der Waals surface area (Å²) in [6, 6.07) is 5.14. The molecule has 23 heavy (non-hydrogen) atoms. The van der Waals surface area contributed by atoms with Crippen molar-refractivity contribution in [1.82, 2.24) is 10.2 Å². The Morgan fingerprint density at radius 2 is 2.04 bits per heavy atom. The molecule has 0 unspecified atom stereocenters. The number of nitrogens with one attached hydrogen (secondary N) is 1. The average Bonchev–Trinajstić information content (AvgIpc) is 2.79. The van der Waals surface area contributed by atoms with Gasteiger partial charge < -0.3 is 19.5 Å². The summed E-state index contributed by atoms with van der Waals surface area (Å²) in [7, 11) is 3.21. The second-order valence-corrected chi connectivity index (χ2v) is 5.69. The number of rotatable bonds is 7. The zero-order valence-corrected chi connectivity index (χ0v) is 14.6. The van der Waals surface area contributed by atoms with E-state index in [1.807, 2.05) is 25.1 Å². The van der Waals surface area contributed by atoms with Gasteiger partial charge in [-0.25, -0.2) is 0 Å². The molecule has 1 aliphatic heterocycles. The molecular formula is C16H22N2O4S. The smallest absolute Gasteiger partial charge is 0.251 e. The molecule has 1 amide bonds. The van der Waals surface area contributed by atoms with E-state index in [9.17, 15) is 4.79 Å². The van der Waals surface area contributed by atoms with Crippen molar-refractivity contribution >= 4 is 23.2 Å². The van der Waals surface area contributed by atoms with E-state index in [1.165, 1.54) is 0 Å². The van der Waals surface area contributed by atoms with Crippen molar-refractivity contribution in [2.75, 3.05) is 27.4 Å². The topological polar surface area (TPSA) is 60.0 Å². The van der Waals surface area contributed by atoms with Crippen LogP contribution in [-0.4, -0.2) is 49.4 Å². The molecule has 6 nitrogen and oxygen atoms in total. The van der Waals surface area contributed by atoms with Gasteiger partial charge in [-0.1, -0.05) is 6.07 Å². The number of carbonyl (C=O) groups excluding carboxylic acids is 1. The summed E-state index contributed by atoms with van der Waals surface area (Å²) in [6.45, 7) is 4.68. The molecule has 2 rings (SSSR count). The van der Waals surface area contributed by atoms with Crippen LogP contribution in [-0.2, 0) is 9.53 Å². The second-order valence-electron chi connectivity index (χ2n) is 5.31. The Bertz CT molecular complexity index is 593. The Kier molecular flexibility index (Phi) is 5.79. The molecule has 1 fully saturated rings. The predicted molar refractivity (Wildman–Crippen MR) is 90.8 cm³/mol. The molecule has 0 aromatic heterocycles. The number of hydrogen-bond acceptors (Lipinski definition) is 5. The summed E-state index contributed by atoms with van der Waals surface area (Å²) >= 11 is 5.25. The van der Waals surface area contributed by atoms with Crippen LogP contribution in [0, 0.1) is 0 Å². The lowest BCUT2D eigenvalue weighted by atomic mass is 10.1. The summed E-state index contributed by atoms with van der Waals surface area (Å²) in [5.41, 5.74) is 0.924. The molecule has 1 saturated heterocycles. The number of nitrogens with zero attached hydrogens (tertiary/aromatic N) is 1. The van der Waals surface area contributed by atoms with E-state index in [1.54, 1.807) is 26.0 Å². The molecule has 1 aromatic rings. The van der Waals surface area contributed by atoms with Gasteiger partial charge in [0.05, 0.1) is 19.8 Å². The van der Waals surface area contributed by atoms with Gasteiger partial charge in [0.25, 0.3) is 5.91 Å². The van der Waals surface area contributed by atoms with Crippen molar-refractivity contribution < 1.29 is 19.0 Å². The third-order valence-corrected chi connectivity index (χ3v) is 4.08. The van der Waals surface area contributed by atoms with Crippen LogP contribution in [0.4, 0.5) is 0 Å². The minimum Gasteiger partial charge on any atom is -0.493 e. The third-order valence-electron chi connectivity index (χ3n) is 3.77. The molecule has 0 radical (unpaired) electrons. The van der Waals surface area contributed by atoms with E-state index in [2.05, 4.69) is 5.32 Å². The molecule has 0 aliphatic carbocycles. The normalized spacial score (nSPS) is 18.8. The maximum atomic E-state index is 12.2. The number of carbonyl (C=O) groups is 1. The molecule has 1 N–H and O–H groups in total. The molecule has 0 spiro atoms. The van der Waals surface area contributed by atoms with Crippen molar-refractivity contribution in [2.45, 2.75) is 25.9 Å². The first kappa shape index (κ1) is 17.5. The third kappa shape index (κ3) is 3.73. The number of methoxy groups -OCH3 is 2. The zero-order valence-electron chi connectivity index (χ0n) is 13.8. The highest BCUT2D eigenvalue weighted by Crippen LogP contribution is 2.33. The Labute approximate surface area is 141 Å². The van der Waals surface area contributed by atoms with Gasteiger partial charge >= 0.3 is 0 Å². The van der Waals surface area contributed by atoms with Crippen LogP contribution in [0.1, 0.15) is 25.5 Å². The van der Waals surface area contributed by atoms with Gasteiger partial charge in [-0.3, -0.25) is 9.69 Å². The fraction of sp³-hybridized carbons (Fsp3) is 0.500. The first-order valence-corrected chi connectivity index (χ1v) is 7.83. The highest BCUT2D eigenvalue weighted by molar-refractivity contribution is 7.80. The summed E-state index contributed by atoms with van der Waals surface area (Å²) in [6.07, 6.45) is 0. The minimum atomic E-state index is -0.288. The van der Waals surface area contributed by atoms with E-state index in [-0.39, 0.29) is 18.0 Å².